The molecule has 8 heteroatoms. The average molecular weight is 465 g/mol. The van der Waals surface area contributed by atoms with Crippen LogP contribution in [0.25, 0.3) is 10.9 Å². The van der Waals surface area contributed by atoms with E-state index in [2.05, 4.69) is 5.32 Å². The lowest BCUT2D eigenvalue weighted by atomic mass is 10.0. The predicted molar refractivity (Wildman–Crippen MR) is 125 cm³/mol. The molecule has 0 aliphatic heterocycles. The molecule has 33 heavy (non-hydrogen) atoms. The van der Waals surface area contributed by atoms with Gasteiger partial charge in [-0.25, -0.2) is 4.39 Å². The number of ether oxygens (including phenoxy) is 1. The van der Waals surface area contributed by atoms with Crippen LogP contribution >= 0.6 is 11.6 Å². The fraction of sp³-hybridized carbons (Fsp3) is 0.0800. The standard InChI is InChI=1S/C25H18ClFN2O4/c1-33-22-5-3-2-4-20(22)28-23(30)14-29-13-19(24(31)15-6-9-17(27)10-7-15)25(32)18-12-16(26)8-11-21(18)29/h2-13H,14H2,1H3,(H,28,30). The quantitative estimate of drug-likeness (QED) is 0.420. The summed E-state index contributed by atoms with van der Waals surface area (Å²) in [5.41, 5.74) is 0.404. The molecule has 1 amide bonds. The molecule has 6 nitrogen and oxygen atoms in total. The van der Waals surface area contributed by atoms with E-state index in [0.717, 1.165) is 12.1 Å². The molecule has 4 rings (SSSR count). The van der Waals surface area contributed by atoms with Crippen LogP contribution in [0.4, 0.5) is 10.1 Å². The molecule has 0 spiro atoms. The second kappa shape index (κ2) is 9.26. The van der Waals surface area contributed by atoms with Gasteiger partial charge in [0.2, 0.25) is 11.3 Å². The Balaban J connectivity index is 1.76. The van der Waals surface area contributed by atoms with Crippen molar-refractivity contribution < 1.29 is 18.7 Å². The van der Waals surface area contributed by atoms with E-state index in [-0.39, 0.29) is 29.0 Å². The number of hydrogen-bond acceptors (Lipinski definition) is 4. The van der Waals surface area contributed by atoms with E-state index >= 15 is 0 Å². The molecule has 1 heterocycles. The SMILES string of the molecule is COc1ccccc1NC(=O)Cn1cc(C(=O)c2ccc(F)cc2)c(=O)c2cc(Cl)ccc21. The molecular formula is C25H18ClFN2O4. The first kappa shape index (κ1) is 22.2. The maximum absolute atomic E-state index is 13.3. The van der Waals surface area contributed by atoms with Gasteiger partial charge in [0.15, 0.2) is 5.78 Å². The fourth-order valence-corrected chi connectivity index (χ4v) is 3.68. The molecule has 1 N–H and O–H groups in total. The molecule has 3 aromatic carbocycles. The Labute approximate surface area is 193 Å². The molecule has 0 radical (unpaired) electrons. The van der Waals surface area contributed by atoms with Crippen molar-refractivity contribution in [2.45, 2.75) is 6.54 Å². The maximum Gasteiger partial charge on any atom is 0.244 e. The Morgan fingerprint density at radius 2 is 1.79 bits per heavy atom. The minimum atomic E-state index is -0.583. The van der Waals surface area contributed by atoms with Crippen molar-refractivity contribution in [1.29, 1.82) is 0 Å². The Hall–Kier alpha value is -3.97. The molecule has 166 valence electrons. The third-order valence-corrected chi connectivity index (χ3v) is 5.32. The summed E-state index contributed by atoms with van der Waals surface area (Å²) < 4.78 is 20.0. The third kappa shape index (κ3) is 4.63. The van der Waals surface area contributed by atoms with Crippen molar-refractivity contribution in [3.05, 3.63) is 105 Å². The molecule has 1 aromatic heterocycles. The number of carbonyl (C=O) groups is 2. The Morgan fingerprint density at radius 1 is 1.06 bits per heavy atom. The van der Waals surface area contributed by atoms with Crippen LogP contribution in [0.15, 0.2) is 77.7 Å². The Morgan fingerprint density at radius 3 is 2.52 bits per heavy atom. The average Bonchev–Trinajstić information content (AvgIpc) is 2.81. The summed E-state index contributed by atoms with van der Waals surface area (Å²) in [5, 5.41) is 3.28. The molecule has 0 atom stereocenters. The molecule has 0 bridgehead atoms. The van der Waals surface area contributed by atoms with Gasteiger partial charge in [-0.05, 0) is 54.6 Å². The summed E-state index contributed by atoms with van der Waals surface area (Å²) in [5.74, 6) is -0.975. The van der Waals surface area contributed by atoms with Crippen molar-refractivity contribution in [3.8, 4) is 5.75 Å². The van der Waals surface area contributed by atoms with E-state index in [1.165, 1.54) is 36.1 Å². The van der Waals surface area contributed by atoms with Gasteiger partial charge in [-0.2, -0.15) is 0 Å². The van der Waals surface area contributed by atoms with Crippen LogP contribution in [0.2, 0.25) is 5.02 Å². The van der Waals surface area contributed by atoms with Crippen molar-refractivity contribution in [2.24, 2.45) is 0 Å². The predicted octanol–water partition coefficient (Wildman–Crippen LogP) is 4.67. The van der Waals surface area contributed by atoms with Gasteiger partial charge in [-0.1, -0.05) is 23.7 Å². The molecule has 0 fully saturated rings. The van der Waals surface area contributed by atoms with Gasteiger partial charge in [0, 0.05) is 22.2 Å². The number of ketones is 1. The minimum absolute atomic E-state index is 0.151. The van der Waals surface area contributed by atoms with Gasteiger partial charge in [-0.15, -0.1) is 0 Å². The van der Waals surface area contributed by atoms with Crippen molar-refractivity contribution >= 4 is 39.9 Å². The smallest absolute Gasteiger partial charge is 0.244 e. The van der Waals surface area contributed by atoms with E-state index in [9.17, 15) is 18.8 Å². The van der Waals surface area contributed by atoms with Gasteiger partial charge >= 0.3 is 0 Å². The van der Waals surface area contributed by atoms with Crippen LogP contribution in [-0.2, 0) is 11.3 Å². The van der Waals surface area contributed by atoms with Crippen LogP contribution in [-0.4, -0.2) is 23.4 Å². The number of nitrogens with one attached hydrogen (secondary N) is 1. The number of halogens is 2. The highest BCUT2D eigenvalue weighted by Gasteiger charge is 2.19. The molecule has 0 saturated heterocycles. The van der Waals surface area contributed by atoms with Gasteiger partial charge in [0.25, 0.3) is 0 Å². The molecule has 0 unspecified atom stereocenters. The second-order valence-electron chi connectivity index (χ2n) is 7.25. The molecule has 4 aromatic rings. The topological polar surface area (TPSA) is 77.4 Å². The molecule has 0 saturated carbocycles. The summed E-state index contributed by atoms with van der Waals surface area (Å²) >= 11 is 6.09. The minimum Gasteiger partial charge on any atom is -0.495 e. The molecular weight excluding hydrogens is 447 g/mol. The lowest BCUT2D eigenvalue weighted by Crippen LogP contribution is -2.24. The number of pyridine rings is 1. The van der Waals surface area contributed by atoms with Gasteiger partial charge < -0.3 is 14.6 Å². The van der Waals surface area contributed by atoms with Gasteiger partial charge in [-0.3, -0.25) is 14.4 Å². The normalized spacial score (nSPS) is 10.8. The maximum atomic E-state index is 13.3. The number of nitrogens with zero attached hydrogens (tertiary/aromatic N) is 1. The largest absolute Gasteiger partial charge is 0.495 e. The van der Waals surface area contributed by atoms with Crippen molar-refractivity contribution in [3.63, 3.8) is 0 Å². The zero-order chi connectivity index (χ0) is 23.5. The first-order chi connectivity index (χ1) is 15.9. The van der Waals surface area contributed by atoms with Crippen molar-refractivity contribution in [1.82, 2.24) is 4.57 Å². The Bertz CT molecular complexity index is 1430. The Kier molecular flexibility index (Phi) is 6.24. The lowest BCUT2D eigenvalue weighted by Gasteiger charge is -2.15. The van der Waals surface area contributed by atoms with E-state index in [0.29, 0.717) is 22.0 Å². The second-order valence-corrected chi connectivity index (χ2v) is 7.68. The van der Waals surface area contributed by atoms with E-state index in [1.807, 2.05) is 0 Å². The highest BCUT2D eigenvalue weighted by atomic mass is 35.5. The number of fused-ring (bicyclic) bond motifs is 1. The number of aromatic nitrogens is 1. The first-order valence-electron chi connectivity index (χ1n) is 9.93. The van der Waals surface area contributed by atoms with E-state index in [1.54, 1.807) is 36.4 Å². The van der Waals surface area contributed by atoms with Crippen LogP contribution in [0.3, 0.4) is 0 Å². The van der Waals surface area contributed by atoms with Crippen LogP contribution in [0, 0.1) is 5.82 Å². The first-order valence-corrected chi connectivity index (χ1v) is 10.3. The van der Waals surface area contributed by atoms with Gasteiger partial charge in [0.05, 0.1) is 23.9 Å². The van der Waals surface area contributed by atoms with E-state index in [4.69, 9.17) is 16.3 Å². The van der Waals surface area contributed by atoms with E-state index < -0.39 is 17.0 Å². The number of methoxy groups -OCH3 is 1. The number of carbonyl (C=O) groups excluding carboxylic acids is 2. The number of hydrogen-bond donors (Lipinski definition) is 1. The monoisotopic (exact) mass is 464 g/mol. The number of amides is 1. The fourth-order valence-electron chi connectivity index (χ4n) is 3.51. The zero-order valence-corrected chi connectivity index (χ0v) is 18.2. The number of para-hydroxylation sites is 2. The third-order valence-electron chi connectivity index (χ3n) is 5.09. The summed E-state index contributed by atoms with van der Waals surface area (Å²) in [7, 11) is 1.50. The summed E-state index contributed by atoms with van der Waals surface area (Å²) in [6, 6.07) is 16.5. The number of benzene rings is 3. The highest BCUT2D eigenvalue weighted by Crippen LogP contribution is 2.24. The molecule has 0 aliphatic rings. The van der Waals surface area contributed by atoms with Gasteiger partial charge in [0.1, 0.15) is 18.1 Å². The highest BCUT2D eigenvalue weighted by molar-refractivity contribution is 6.31. The summed E-state index contributed by atoms with van der Waals surface area (Å²) in [4.78, 5) is 38.9. The number of anilines is 1. The molecule has 0 aliphatic carbocycles. The summed E-state index contributed by atoms with van der Waals surface area (Å²) in [6.07, 6.45) is 1.34. The zero-order valence-electron chi connectivity index (χ0n) is 17.5. The van der Waals surface area contributed by atoms with Crippen LogP contribution in [0.5, 0.6) is 5.75 Å². The van der Waals surface area contributed by atoms with Crippen LogP contribution in [0.1, 0.15) is 15.9 Å². The number of rotatable bonds is 6. The van der Waals surface area contributed by atoms with Crippen LogP contribution < -0.4 is 15.5 Å². The lowest BCUT2D eigenvalue weighted by molar-refractivity contribution is -0.116. The van der Waals surface area contributed by atoms with Crippen molar-refractivity contribution in [2.75, 3.05) is 12.4 Å². The summed E-state index contributed by atoms with van der Waals surface area (Å²) in [6.45, 7) is -0.180.